The predicted octanol–water partition coefficient (Wildman–Crippen LogP) is 1.31. The van der Waals surface area contributed by atoms with Crippen LogP contribution in [0.4, 0.5) is 0 Å². The van der Waals surface area contributed by atoms with Crippen LogP contribution in [0.2, 0.25) is 0 Å². The van der Waals surface area contributed by atoms with Crippen molar-refractivity contribution < 1.29 is 9.53 Å². The Morgan fingerprint density at radius 3 is 2.94 bits per heavy atom. The third kappa shape index (κ3) is 4.60. The molecule has 1 aliphatic carbocycles. The number of nitriles is 1. The lowest BCUT2D eigenvalue weighted by Gasteiger charge is -2.23. The number of hydrogen-bond donors (Lipinski definition) is 3. The first kappa shape index (κ1) is 22.6. The minimum Gasteiger partial charge on any atom is -0.477 e. The lowest BCUT2D eigenvalue weighted by molar-refractivity contribution is -0.120. The molecule has 4 atom stereocenters. The van der Waals surface area contributed by atoms with Gasteiger partial charge in [0.2, 0.25) is 0 Å². The highest BCUT2D eigenvalue weighted by atomic mass is 32.2. The molecule has 9 nitrogen and oxygen atoms in total. The van der Waals surface area contributed by atoms with E-state index in [4.69, 9.17) is 16.2 Å². The van der Waals surface area contributed by atoms with E-state index in [1.165, 1.54) is 23.9 Å². The van der Waals surface area contributed by atoms with Crippen molar-refractivity contribution in [2.75, 3.05) is 20.2 Å². The van der Waals surface area contributed by atoms with E-state index >= 15 is 0 Å². The molecule has 32 heavy (non-hydrogen) atoms. The number of carbonyl (C=O) groups is 1. The number of nitrogens with two attached hydrogens (primary N) is 2. The first-order chi connectivity index (χ1) is 15.4. The van der Waals surface area contributed by atoms with E-state index in [-0.39, 0.29) is 22.3 Å². The van der Waals surface area contributed by atoms with Crippen molar-refractivity contribution in [1.29, 1.82) is 5.26 Å². The van der Waals surface area contributed by atoms with Gasteiger partial charge in [0.25, 0.3) is 5.91 Å². The van der Waals surface area contributed by atoms with Crippen LogP contribution >= 0.6 is 11.8 Å². The number of pyridine rings is 1. The van der Waals surface area contributed by atoms with Gasteiger partial charge in [-0.3, -0.25) is 9.59 Å². The summed E-state index contributed by atoms with van der Waals surface area (Å²) in [6, 6.07) is 5.19. The number of aromatic amines is 1. The van der Waals surface area contributed by atoms with E-state index < -0.39 is 17.7 Å². The largest absolute Gasteiger partial charge is 0.477 e. The third-order valence-corrected chi connectivity index (χ3v) is 7.67. The minimum absolute atomic E-state index is 0.0771. The van der Waals surface area contributed by atoms with Crippen LogP contribution in [0.1, 0.15) is 37.8 Å². The average Bonchev–Trinajstić information content (AvgIpc) is 3.32. The molecule has 0 bridgehead atoms. The Morgan fingerprint density at radius 1 is 1.41 bits per heavy atom. The van der Waals surface area contributed by atoms with Crippen molar-refractivity contribution in [1.82, 2.24) is 9.88 Å². The van der Waals surface area contributed by atoms with Gasteiger partial charge in [-0.05, 0) is 56.2 Å². The molecule has 4 rings (SSSR count). The van der Waals surface area contributed by atoms with Crippen LogP contribution in [0, 0.1) is 23.2 Å². The number of likely N-dealkylation sites (N-methyl/N-ethyl adjacent to an activating group) is 1. The second-order valence-electron chi connectivity index (χ2n) is 8.53. The number of thioether (sulfide) groups is 1. The number of aromatic nitrogens is 1. The van der Waals surface area contributed by atoms with Gasteiger partial charge in [0.1, 0.15) is 6.61 Å². The standard InChI is InChI=1S/C22H28N6O3S/c1-28-7-3-4-12(28)11-31-18-9-13(29)8-16(26-18)20(24)27-22(30)14-5-2-6-17-19(14)15(10-23)21(25)32-17/h8-9,12,14-15,21H,2-7,11,25H2,1H3,(H,26,29)(H2,24,27,30). The number of rotatable bonds is 5. The Hall–Kier alpha value is -2.61. The van der Waals surface area contributed by atoms with Crippen LogP contribution in [0.3, 0.4) is 0 Å². The molecule has 2 aliphatic heterocycles. The Morgan fingerprint density at radius 2 is 2.22 bits per heavy atom. The fourth-order valence-electron chi connectivity index (χ4n) is 4.65. The molecule has 3 heterocycles. The third-order valence-electron chi connectivity index (χ3n) is 6.40. The molecule has 0 aromatic carbocycles. The Kier molecular flexibility index (Phi) is 6.69. The summed E-state index contributed by atoms with van der Waals surface area (Å²) in [5.74, 6) is -1.20. The maximum absolute atomic E-state index is 13.0. The predicted molar refractivity (Wildman–Crippen MR) is 123 cm³/mol. The number of likely N-dealkylation sites (tertiary alicyclic amines) is 1. The van der Waals surface area contributed by atoms with Crippen LogP contribution in [0.5, 0.6) is 5.88 Å². The Bertz CT molecular complexity index is 1060. The van der Waals surface area contributed by atoms with Crippen molar-refractivity contribution in [2.24, 2.45) is 28.3 Å². The first-order valence-corrected chi connectivity index (χ1v) is 11.8. The molecular weight excluding hydrogens is 428 g/mol. The van der Waals surface area contributed by atoms with Gasteiger partial charge in [-0.2, -0.15) is 10.3 Å². The van der Waals surface area contributed by atoms with Gasteiger partial charge in [0.05, 0.1) is 29.0 Å². The number of amides is 1. The van der Waals surface area contributed by atoms with E-state index in [1.54, 1.807) is 0 Å². The molecule has 0 spiro atoms. The number of H-pyrrole nitrogens is 1. The zero-order valence-electron chi connectivity index (χ0n) is 18.0. The van der Waals surface area contributed by atoms with E-state index in [2.05, 4.69) is 28.0 Å². The molecule has 4 unspecified atom stereocenters. The van der Waals surface area contributed by atoms with Gasteiger partial charge in [0.15, 0.2) is 17.1 Å². The summed E-state index contributed by atoms with van der Waals surface area (Å²) < 4.78 is 5.80. The van der Waals surface area contributed by atoms with E-state index in [0.29, 0.717) is 24.9 Å². The van der Waals surface area contributed by atoms with Crippen molar-refractivity contribution in [3.05, 3.63) is 38.5 Å². The quantitative estimate of drug-likeness (QED) is 0.443. The van der Waals surface area contributed by atoms with Gasteiger partial charge >= 0.3 is 0 Å². The summed E-state index contributed by atoms with van der Waals surface area (Å²) in [4.78, 5) is 35.5. The van der Waals surface area contributed by atoms with Crippen LogP contribution < -0.4 is 21.6 Å². The maximum atomic E-state index is 13.0. The molecule has 1 aromatic heterocycles. The van der Waals surface area contributed by atoms with Crippen molar-refractivity contribution in [3.8, 4) is 11.9 Å². The van der Waals surface area contributed by atoms with Crippen molar-refractivity contribution >= 4 is 23.5 Å². The summed E-state index contributed by atoms with van der Waals surface area (Å²) >= 11 is 1.47. The molecule has 1 fully saturated rings. The molecule has 10 heteroatoms. The zero-order valence-corrected chi connectivity index (χ0v) is 18.9. The van der Waals surface area contributed by atoms with Crippen LogP contribution in [0.25, 0.3) is 0 Å². The van der Waals surface area contributed by atoms with Crippen LogP contribution in [0.15, 0.2) is 32.4 Å². The summed E-state index contributed by atoms with van der Waals surface area (Å²) in [5.41, 5.74) is 12.9. The fourth-order valence-corrected chi connectivity index (χ4v) is 5.99. The Labute approximate surface area is 190 Å². The topological polar surface area (TPSA) is 151 Å². The van der Waals surface area contributed by atoms with Gasteiger partial charge in [-0.25, -0.2) is 0 Å². The Balaban J connectivity index is 1.51. The summed E-state index contributed by atoms with van der Waals surface area (Å²) in [5, 5.41) is 9.18. The number of nitrogens with zero attached hydrogens (tertiary/aromatic N) is 3. The van der Waals surface area contributed by atoms with Gasteiger partial charge in [-0.1, -0.05) is 0 Å². The highest BCUT2D eigenvalue weighted by molar-refractivity contribution is 8.03. The normalized spacial score (nSPS) is 28.5. The lowest BCUT2D eigenvalue weighted by Crippen LogP contribution is -2.31. The molecule has 1 saturated heterocycles. The van der Waals surface area contributed by atoms with Crippen LogP contribution in [-0.2, 0) is 4.79 Å². The summed E-state index contributed by atoms with van der Waals surface area (Å²) in [6.07, 6.45) is 4.44. The average molecular weight is 457 g/mol. The summed E-state index contributed by atoms with van der Waals surface area (Å²) in [7, 11) is 2.05. The fraction of sp³-hybridized carbons (Fsp3) is 0.545. The second-order valence-corrected chi connectivity index (χ2v) is 9.80. The molecule has 1 amide bonds. The SMILES string of the molecule is CN1CCCC1COc1cc(=O)cc(C(N)=NC(=O)C2CCCC3=C2C(C#N)C(N)S3)[nH]1. The number of carbonyl (C=O) groups excluding carboxylic acids is 1. The number of aliphatic imine (C=N–C) groups is 1. The van der Waals surface area contributed by atoms with Crippen LogP contribution in [-0.4, -0.2) is 53.2 Å². The molecule has 3 aliphatic rings. The van der Waals surface area contributed by atoms with Gasteiger partial charge in [0, 0.05) is 18.2 Å². The minimum atomic E-state index is -0.507. The van der Waals surface area contributed by atoms with E-state index in [9.17, 15) is 14.9 Å². The lowest BCUT2D eigenvalue weighted by atomic mass is 9.80. The van der Waals surface area contributed by atoms with E-state index in [0.717, 1.165) is 42.7 Å². The number of nitrogens with one attached hydrogen (secondary N) is 1. The molecule has 5 N–H and O–H groups in total. The highest BCUT2D eigenvalue weighted by Gasteiger charge is 2.42. The number of allylic oxidation sites excluding steroid dienone is 1. The van der Waals surface area contributed by atoms with Gasteiger partial charge in [-0.15, -0.1) is 11.8 Å². The number of hydrogen-bond acceptors (Lipinski definition) is 7. The molecule has 0 radical (unpaired) electrons. The number of amidine groups is 1. The first-order valence-electron chi connectivity index (χ1n) is 10.9. The zero-order chi connectivity index (χ0) is 22.8. The monoisotopic (exact) mass is 456 g/mol. The van der Waals surface area contributed by atoms with Crippen molar-refractivity contribution in [3.63, 3.8) is 0 Å². The van der Waals surface area contributed by atoms with E-state index in [1.807, 2.05) is 0 Å². The molecule has 170 valence electrons. The highest BCUT2D eigenvalue weighted by Crippen LogP contribution is 2.49. The molecule has 1 aromatic rings. The maximum Gasteiger partial charge on any atom is 0.254 e. The second kappa shape index (κ2) is 9.48. The van der Waals surface area contributed by atoms with Crippen molar-refractivity contribution in [2.45, 2.75) is 43.5 Å². The smallest absolute Gasteiger partial charge is 0.254 e. The molecule has 0 saturated carbocycles. The number of ether oxygens (including phenoxy) is 1. The molecular formula is C22H28N6O3S. The summed E-state index contributed by atoms with van der Waals surface area (Å²) in [6.45, 7) is 1.49. The van der Waals surface area contributed by atoms with Gasteiger partial charge < -0.3 is 26.1 Å².